The highest BCUT2D eigenvalue weighted by atomic mass is 31.3. The number of nitrogens with zero attached hydrogens (tertiary/aromatic N) is 4. The van der Waals surface area contributed by atoms with Crippen molar-refractivity contribution in [2.75, 3.05) is 30.7 Å². The van der Waals surface area contributed by atoms with Crippen molar-refractivity contribution in [3.63, 3.8) is 0 Å². The molecule has 3 rings (SSSR count). The van der Waals surface area contributed by atoms with Gasteiger partial charge in [0.05, 0.1) is 6.61 Å². The van der Waals surface area contributed by atoms with Crippen LogP contribution in [0.1, 0.15) is 19.1 Å². The van der Waals surface area contributed by atoms with E-state index in [-0.39, 0.29) is 22.9 Å². The van der Waals surface area contributed by atoms with Crippen molar-refractivity contribution >= 4 is 46.4 Å². The van der Waals surface area contributed by atoms with Crippen LogP contribution in [0.15, 0.2) is 6.33 Å². The highest BCUT2D eigenvalue weighted by Crippen LogP contribution is 2.66. The number of unbranched alkanes of at least 4 members (excludes halogenated alkanes) is 1. The Balaban J connectivity index is 1.78. The Morgan fingerprint density at radius 3 is 2.41 bits per heavy atom. The molecule has 37 heavy (non-hydrogen) atoms. The number of nitrogens with two attached hydrogens (primary N) is 2. The Morgan fingerprint density at radius 2 is 1.76 bits per heavy atom. The van der Waals surface area contributed by atoms with Crippen LogP contribution in [0.25, 0.3) is 11.2 Å². The van der Waals surface area contributed by atoms with Crippen molar-refractivity contribution in [3.05, 3.63) is 6.33 Å². The van der Waals surface area contributed by atoms with Crippen molar-refractivity contribution < 1.29 is 61.4 Å². The van der Waals surface area contributed by atoms with Gasteiger partial charge in [0.15, 0.2) is 23.2 Å². The Kier molecular flexibility index (Phi) is 9.43. The summed E-state index contributed by atoms with van der Waals surface area (Å²) in [5.74, 6) is 0.162. The number of nitrogens with one attached hydrogen (secondary N) is 1. The zero-order chi connectivity index (χ0) is 27.6. The predicted molar refractivity (Wildman–Crippen MR) is 122 cm³/mol. The molecule has 11 N–H and O–H groups in total. The number of anilines is 2. The number of aliphatic hydroxyl groups is 2. The molecule has 3 heterocycles. The molecule has 0 bridgehead atoms. The van der Waals surface area contributed by atoms with Crippen LogP contribution < -0.4 is 16.8 Å². The third-order valence-corrected chi connectivity index (χ3v) is 8.63. The summed E-state index contributed by atoms with van der Waals surface area (Å²) in [5, 5.41) is 24.1. The molecule has 1 fully saturated rings. The zero-order valence-corrected chi connectivity index (χ0v) is 21.4. The molecule has 0 saturated carbocycles. The van der Waals surface area contributed by atoms with Crippen LogP contribution in [-0.4, -0.2) is 87.3 Å². The first-order valence-corrected chi connectivity index (χ1v) is 14.9. The molecule has 2 aromatic heterocycles. The van der Waals surface area contributed by atoms with Crippen LogP contribution in [0.3, 0.4) is 0 Å². The predicted octanol–water partition coefficient (Wildman–Crippen LogP) is -1.48. The monoisotopic (exact) mass is 593 g/mol. The van der Waals surface area contributed by atoms with Crippen LogP contribution in [0.4, 0.5) is 11.8 Å². The summed E-state index contributed by atoms with van der Waals surface area (Å²) in [4.78, 5) is 48.3. The van der Waals surface area contributed by atoms with Gasteiger partial charge in [0, 0.05) is 6.54 Å². The lowest BCUT2D eigenvalue weighted by Crippen LogP contribution is -2.33. The lowest BCUT2D eigenvalue weighted by molar-refractivity contribution is -0.0493. The summed E-state index contributed by atoms with van der Waals surface area (Å²) >= 11 is 0. The number of nitrogen functional groups attached to an aromatic ring is 1. The highest BCUT2D eigenvalue weighted by molar-refractivity contribution is 7.66. The van der Waals surface area contributed by atoms with E-state index in [1.54, 1.807) is 0 Å². The molecule has 210 valence electrons. The number of fused-ring (bicyclic) bond motifs is 1. The average molecular weight is 593 g/mol. The van der Waals surface area contributed by atoms with Gasteiger partial charge in [-0.15, -0.1) is 0 Å². The zero-order valence-electron chi connectivity index (χ0n) is 18.7. The van der Waals surface area contributed by atoms with Crippen molar-refractivity contribution in [1.29, 1.82) is 0 Å². The normalized spacial score (nSPS) is 25.7. The van der Waals surface area contributed by atoms with Gasteiger partial charge in [0.25, 0.3) is 0 Å². The lowest BCUT2D eigenvalue weighted by atomic mass is 10.1. The van der Waals surface area contributed by atoms with Gasteiger partial charge in [-0.25, -0.2) is 28.6 Å². The molecule has 0 aromatic carbocycles. The summed E-state index contributed by atoms with van der Waals surface area (Å²) in [7, 11) is -16.8. The van der Waals surface area contributed by atoms with Gasteiger partial charge in [0.2, 0.25) is 5.95 Å². The number of phosphoric ester groups is 1. The Morgan fingerprint density at radius 1 is 1.05 bits per heavy atom. The smallest absolute Gasteiger partial charge is 0.387 e. The van der Waals surface area contributed by atoms with Crippen molar-refractivity contribution in [1.82, 2.24) is 19.5 Å². The fourth-order valence-corrected chi connectivity index (χ4v) is 6.34. The number of phosphoric acid groups is 3. The molecular weight excluding hydrogens is 567 g/mol. The molecule has 2 aromatic rings. The second-order valence-electron chi connectivity index (χ2n) is 7.59. The van der Waals surface area contributed by atoms with E-state index in [0.29, 0.717) is 25.9 Å². The molecule has 1 aliphatic heterocycles. The molecule has 20 nitrogen and oxygen atoms in total. The molecule has 23 heteroatoms. The van der Waals surface area contributed by atoms with Crippen LogP contribution in [0.5, 0.6) is 0 Å². The third kappa shape index (κ3) is 7.72. The number of aromatic nitrogens is 4. The summed E-state index contributed by atoms with van der Waals surface area (Å²) in [5.41, 5.74) is 11.6. The van der Waals surface area contributed by atoms with Crippen molar-refractivity contribution in [2.45, 2.75) is 37.4 Å². The van der Waals surface area contributed by atoms with Gasteiger partial charge in [-0.2, -0.15) is 8.62 Å². The van der Waals surface area contributed by atoms with E-state index in [1.165, 1.54) is 4.57 Å². The third-order valence-electron chi connectivity index (χ3n) is 4.83. The maximum atomic E-state index is 12.0. The Labute approximate surface area is 208 Å². The first-order valence-electron chi connectivity index (χ1n) is 10.4. The molecule has 0 radical (unpaired) electrons. The quantitative estimate of drug-likeness (QED) is 0.0944. The van der Waals surface area contributed by atoms with Crippen molar-refractivity contribution in [3.8, 4) is 0 Å². The Bertz CT molecular complexity index is 1240. The standard InChI is InChI=1S/C14H26N7O13P3/c15-3-1-2-4-17-14-20-8-11(16)18-6-19-12(8)21(14)13-10(23)9(22)7(32-13)5-31-36(27,28)34-37(29,30)33-35(24,25)26/h6-7,9-10,13,22-23H,1-5,15H2,(H,17,20)(H,27,28)(H,29,30)(H2,16,18,19)(H2,24,25,26)/t7-,9-,10-,13-/m1/s1. The first kappa shape index (κ1) is 29.9. The summed E-state index contributed by atoms with van der Waals surface area (Å²) < 4.78 is 52.8. The van der Waals surface area contributed by atoms with Crippen LogP contribution in [0, 0.1) is 0 Å². The van der Waals surface area contributed by atoms with Gasteiger partial charge in [-0.05, 0) is 19.4 Å². The number of ether oxygens (including phenoxy) is 1. The van der Waals surface area contributed by atoms with E-state index in [1.807, 2.05) is 0 Å². The number of hydrogen-bond acceptors (Lipinski definition) is 15. The molecule has 0 spiro atoms. The minimum absolute atomic E-state index is 0.0194. The number of hydrogen-bond donors (Lipinski definition) is 9. The molecule has 0 amide bonds. The molecule has 0 aliphatic carbocycles. The van der Waals surface area contributed by atoms with E-state index in [9.17, 15) is 33.7 Å². The minimum atomic E-state index is -5.74. The number of imidazole rings is 1. The molecule has 1 saturated heterocycles. The van der Waals surface area contributed by atoms with E-state index < -0.39 is 54.6 Å². The fraction of sp³-hybridized carbons (Fsp3) is 0.643. The molecule has 1 aliphatic rings. The van der Waals surface area contributed by atoms with Crippen LogP contribution in [-0.2, 0) is 31.6 Å². The van der Waals surface area contributed by atoms with Crippen LogP contribution >= 0.6 is 23.5 Å². The van der Waals surface area contributed by atoms with E-state index in [0.717, 1.165) is 6.33 Å². The van der Waals surface area contributed by atoms with Gasteiger partial charge in [0.1, 0.15) is 24.6 Å². The number of aliphatic hydroxyl groups excluding tert-OH is 2. The van der Waals surface area contributed by atoms with Gasteiger partial charge in [-0.3, -0.25) is 9.09 Å². The molecular formula is C14H26N7O13P3. The SMILES string of the molecule is NCCCCNc1nc2c(N)ncnc2n1[C@@H]1O[C@H](COP(=O)(O)OP(=O)(O)OP(=O)(O)O)[C@@H](O)[C@H]1O. The molecule has 6 atom stereocenters. The lowest BCUT2D eigenvalue weighted by Gasteiger charge is -2.20. The van der Waals surface area contributed by atoms with Gasteiger partial charge >= 0.3 is 23.5 Å². The summed E-state index contributed by atoms with van der Waals surface area (Å²) in [6.45, 7) is -0.111. The van der Waals surface area contributed by atoms with Gasteiger partial charge in [-0.1, -0.05) is 0 Å². The molecule has 2 unspecified atom stereocenters. The average Bonchev–Trinajstić information content (AvgIpc) is 3.25. The maximum Gasteiger partial charge on any atom is 0.490 e. The van der Waals surface area contributed by atoms with Crippen molar-refractivity contribution in [2.24, 2.45) is 5.73 Å². The van der Waals surface area contributed by atoms with E-state index >= 15 is 0 Å². The maximum absolute atomic E-state index is 12.0. The summed E-state index contributed by atoms with van der Waals surface area (Å²) in [6, 6.07) is 0. The largest absolute Gasteiger partial charge is 0.490 e. The minimum Gasteiger partial charge on any atom is -0.387 e. The fourth-order valence-electron chi connectivity index (χ4n) is 3.31. The van der Waals surface area contributed by atoms with Crippen LogP contribution in [0.2, 0.25) is 0 Å². The van der Waals surface area contributed by atoms with E-state index in [2.05, 4.69) is 33.4 Å². The highest BCUT2D eigenvalue weighted by Gasteiger charge is 2.47. The second kappa shape index (κ2) is 11.6. The second-order valence-corrected chi connectivity index (χ2v) is 12.0. The summed E-state index contributed by atoms with van der Waals surface area (Å²) in [6.07, 6.45) is -3.75. The topological polar surface area (TPSA) is 317 Å². The Hall–Kier alpha value is -1.60. The first-order chi connectivity index (χ1) is 17.1. The van der Waals surface area contributed by atoms with Gasteiger partial charge < -0.3 is 51.3 Å². The van der Waals surface area contributed by atoms with E-state index in [4.69, 9.17) is 26.0 Å². The number of rotatable bonds is 13.